The zero-order valence-corrected chi connectivity index (χ0v) is 14.0. The zero-order chi connectivity index (χ0) is 16.8. The summed E-state index contributed by atoms with van der Waals surface area (Å²) in [5.74, 6) is -0.894. The van der Waals surface area contributed by atoms with Crippen molar-refractivity contribution in [1.82, 2.24) is 0 Å². The van der Waals surface area contributed by atoms with E-state index in [0.29, 0.717) is 17.9 Å². The van der Waals surface area contributed by atoms with Gasteiger partial charge in [-0.1, -0.05) is 22.9 Å². The molecule has 2 rings (SSSR count). The van der Waals surface area contributed by atoms with Crippen LogP contribution in [-0.4, -0.2) is 23.7 Å². The van der Waals surface area contributed by atoms with Crippen LogP contribution >= 0.6 is 15.9 Å². The molecule has 0 aliphatic carbocycles. The molecule has 23 heavy (non-hydrogen) atoms. The van der Waals surface area contributed by atoms with Crippen LogP contribution in [0.5, 0.6) is 11.5 Å². The molecular formula is C17H15BrO5. The average Bonchev–Trinajstić information content (AvgIpc) is 2.54. The molecule has 0 radical (unpaired) electrons. The van der Waals surface area contributed by atoms with Gasteiger partial charge in [0, 0.05) is 4.47 Å². The van der Waals surface area contributed by atoms with Crippen molar-refractivity contribution in [2.24, 2.45) is 0 Å². The molecule has 0 aliphatic heterocycles. The molecule has 5 nitrogen and oxygen atoms in total. The SMILES string of the molecule is CCCOc1ccc(Br)cc1C(=O)Oc1ccc(C(=O)O)cc1. The molecule has 1 N–H and O–H groups in total. The topological polar surface area (TPSA) is 72.8 Å². The molecule has 0 aliphatic rings. The normalized spacial score (nSPS) is 10.2. The molecule has 0 bridgehead atoms. The smallest absolute Gasteiger partial charge is 0.347 e. The van der Waals surface area contributed by atoms with E-state index in [0.717, 1.165) is 10.9 Å². The lowest BCUT2D eigenvalue weighted by Crippen LogP contribution is -2.11. The number of carbonyl (C=O) groups excluding carboxylic acids is 1. The highest BCUT2D eigenvalue weighted by atomic mass is 79.9. The third-order valence-electron chi connectivity index (χ3n) is 2.94. The molecule has 6 heteroatoms. The Morgan fingerprint density at radius 2 is 1.83 bits per heavy atom. The second-order valence-electron chi connectivity index (χ2n) is 4.71. The predicted octanol–water partition coefficient (Wildman–Crippen LogP) is 4.16. The molecule has 0 spiro atoms. The van der Waals surface area contributed by atoms with Crippen molar-refractivity contribution in [3.05, 3.63) is 58.1 Å². The lowest BCUT2D eigenvalue weighted by molar-refractivity contribution is 0.0696. The molecule has 0 amide bonds. The molecular weight excluding hydrogens is 364 g/mol. The van der Waals surface area contributed by atoms with Crippen LogP contribution in [0.25, 0.3) is 0 Å². The van der Waals surface area contributed by atoms with Crippen LogP contribution in [0.15, 0.2) is 46.9 Å². The van der Waals surface area contributed by atoms with E-state index in [-0.39, 0.29) is 11.3 Å². The van der Waals surface area contributed by atoms with Crippen molar-refractivity contribution in [1.29, 1.82) is 0 Å². The zero-order valence-electron chi connectivity index (χ0n) is 12.4. The first-order valence-electron chi connectivity index (χ1n) is 6.99. The van der Waals surface area contributed by atoms with Crippen molar-refractivity contribution < 1.29 is 24.2 Å². The van der Waals surface area contributed by atoms with Crippen LogP contribution in [0.1, 0.15) is 34.1 Å². The largest absolute Gasteiger partial charge is 0.493 e. The average molecular weight is 379 g/mol. The standard InChI is InChI=1S/C17H15BrO5/c1-2-9-22-15-8-5-12(18)10-14(15)17(21)23-13-6-3-11(4-7-13)16(19)20/h3-8,10H,2,9H2,1H3,(H,19,20). The first kappa shape index (κ1) is 17.0. The van der Waals surface area contributed by atoms with E-state index in [2.05, 4.69) is 15.9 Å². The number of benzene rings is 2. The van der Waals surface area contributed by atoms with Crippen LogP contribution in [0.2, 0.25) is 0 Å². The second kappa shape index (κ2) is 7.78. The van der Waals surface area contributed by atoms with E-state index in [4.69, 9.17) is 14.6 Å². The molecule has 0 atom stereocenters. The fraction of sp³-hybridized carbons (Fsp3) is 0.176. The van der Waals surface area contributed by atoms with E-state index < -0.39 is 11.9 Å². The Kier molecular flexibility index (Phi) is 5.76. The van der Waals surface area contributed by atoms with E-state index in [1.54, 1.807) is 18.2 Å². The molecule has 0 unspecified atom stereocenters. The van der Waals surface area contributed by atoms with Crippen LogP contribution in [0.4, 0.5) is 0 Å². The number of halogens is 1. The molecule has 0 saturated carbocycles. The Balaban J connectivity index is 2.19. The summed E-state index contributed by atoms with van der Waals surface area (Å²) in [6.45, 7) is 2.47. The highest BCUT2D eigenvalue weighted by molar-refractivity contribution is 9.10. The number of hydrogen-bond acceptors (Lipinski definition) is 4. The summed E-state index contributed by atoms with van der Waals surface area (Å²) in [5.41, 5.74) is 0.425. The lowest BCUT2D eigenvalue weighted by Gasteiger charge is -2.11. The van der Waals surface area contributed by atoms with Crippen molar-refractivity contribution in [3.8, 4) is 11.5 Å². The van der Waals surface area contributed by atoms with Gasteiger partial charge >= 0.3 is 11.9 Å². The first-order valence-corrected chi connectivity index (χ1v) is 7.78. The minimum atomic E-state index is -1.04. The number of aromatic carboxylic acids is 1. The summed E-state index contributed by atoms with van der Waals surface area (Å²) in [7, 11) is 0. The molecule has 0 aromatic heterocycles. The van der Waals surface area contributed by atoms with Crippen molar-refractivity contribution in [2.75, 3.05) is 6.61 Å². The number of esters is 1. The summed E-state index contributed by atoms with van der Waals surface area (Å²) in [4.78, 5) is 23.1. The summed E-state index contributed by atoms with van der Waals surface area (Å²) in [6.07, 6.45) is 0.821. The van der Waals surface area contributed by atoms with Gasteiger partial charge in [0.15, 0.2) is 0 Å². The summed E-state index contributed by atoms with van der Waals surface area (Å²) < 4.78 is 11.6. The number of rotatable bonds is 6. The van der Waals surface area contributed by atoms with Crippen molar-refractivity contribution in [3.63, 3.8) is 0 Å². The Bertz CT molecular complexity index is 709. The minimum absolute atomic E-state index is 0.124. The molecule has 120 valence electrons. The molecule has 0 fully saturated rings. The third-order valence-corrected chi connectivity index (χ3v) is 3.43. The molecule has 2 aromatic rings. The van der Waals surface area contributed by atoms with Gasteiger partial charge in [-0.05, 0) is 48.9 Å². The summed E-state index contributed by atoms with van der Waals surface area (Å²) >= 11 is 3.32. The monoisotopic (exact) mass is 378 g/mol. The quantitative estimate of drug-likeness (QED) is 0.603. The van der Waals surface area contributed by atoms with E-state index in [9.17, 15) is 9.59 Å². The van der Waals surface area contributed by atoms with E-state index >= 15 is 0 Å². The molecule has 0 heterocycles. The van der Waals surface area contributed by atoms with Gasteiger partial charge in [0.05, 0.1) is 12.2 Å². The number of carbonyl (C=O) groups is 2. The number of ether oxygens (including phenoxy) is 2. The number of hydrogen-bond donors (Lipinski definition) is 1. The van der Waals surface area contributed by atoms with Gasteiger partial charge in [0.1, 0.15) is 17.1 Å². The van der Waals surface area contributed by atoms with Crippen LogP contribution in [0, 0.1) is 0 Å². The van der Waals surface area contributed by atoms with Crippen LogP contribution in [-0.2, 0) is 0 Å². The van der Waals surface area contributed by atoms with Gasteiger partial charge in [0.25, 0.3) is 0 Å². The highest BCUT2D eigenvalue weighted by Gasteiger charge is 2.16. The molecule has 2 aromatic carbocycles. The first-order chi connectivity index (χ1) is 11.0. The second-order valence-corrected chi connectivity index (χ2v) is 5.62. The lowest BCUT2D eigenvalue weighted by atomic mass is 10.2. The fourth-order valence-electron chi connectivity index (χ4n) is 1.83. The van der Waals surface area contributed by atoms with Gasteiger partial charge in [0.2, 0.25) is 0 Å². The maximum atomic E-state index is 12.3. The van der Waals surface area contributed by atoms with Crippen LogP contribution in [0.3, 0.4) is 0 Å². The Morgan fingerprint density at radius 3 is 2.43 bits per heavy atom. The summed E-state index contributed by atoms with van der Waals surface area (Å²) in [5, 5.41) is 8.86. The number of carboxylic acids is 1. The van der Waals surface area contributed by atoms with Crippen LogP contribution < -0.4 is 9.47 Å². The maximum absolute atomic E-state index is 12.3. The van der Waals surface area contributed by atoms with E-state index in [1.165, 1.54) is 24.3 Å². The Labute approximate surface area is 142 Å². The van der Waals surface area contributed by atoms with Crippen molar-refractivity contribution in [2.45, 2.75) is 13.3 Å². The maximum Gasteiger partial charge on any atom is 0.347 e. The number of carboxylic acid groups (broad SMARTS) is 1. The summed E-state index contributed by atoms with van der Waals surface area (Å²) in [6, 6.07) is 10.7. The Morgan fingerprint density at radius 1 is 1.13 bits per heavy atom. The van der Waals surface area contributed by atoms with E-state index in [1.807, 2.05) is 6.92 Å². The molecule has 0 saturated heterocycles. The van der Waals surface area contributed by atoms with Gasteiger partial charge < -0.3 is 14.6 Å². The highest BCUT2D eigenvalue weighted by Crippen LogP contribution is 2.25. The van der Waals surface area contributed by atoms with Gasteiger partial charge in [-0.3, -0.25) is 0 Å². The fourth-order valence-corrected chi connectivity index (χ4v) is 2.19. The third kappa shape index (κ3) is 4.56. The van der Waals surface area contributed by atoms with Gasteiger partial charge in [-0.15, -0.1) is 0 Å². The van der Waals surface area contributed by atoms with Gasteiger partial charge in [-0.25, -0.2) is 9.59 Å². The minimum Gasteiger partial charge on any atom is -0.493 e. The van der Waals surface area contributed by atoms with Gasteiger partial charge in [-0.2, -0.15) is 0 Å². The Hall–Kier alpha value is -2.34. The van der Waals surface area contributed by atoms with Crippen molar-refractivity contribution >= 4 is 27.9 Å². The predicted molar refractivity (Wildman–Crippen MR) is 88.3 cm³/mol.